The van der Waals surface area contributed by atoms with Gasteiger partial charge in [-0.1, -0.05) is 6.92 Å². The maximum absolute atomic E-state index is 5.59. The summed E-state index contributed by atoms with van der Waals surface area (Å²) in [6, 6.07) is 0.00500. The van der Waals surface area contributed by atoms with E-state index in [9.17, 15) is 0 Å². The molecule has 0 saturated carbocycles. The van der Waals surface area contributed by atoms with Crippen LogP contribution in [0.3, 0.4) is 0 Å². The smallest absolute Gasteiger partial charge is 0.138 e. The second-order valence-electron chi connectivity index (χ2n) is 4.09. The molecule has 6 heteroatoms. The lowest BCUT2D eigenvalue weighted by Crippen LogP contribution is -2.54. The fraction of sp³-hybridized carbons (Fsp3) is 0.800. The van der Waals surface area contributed by atoms with Crippen molar-refractivity contribution in [2.24, 2.45) is 12.9 Å². The number of methoxy groups -OCH3 is 1. The Hall–Kier alpha value is -0.980. The summed E-state index contributed by atoms with van der Waals surface area (Å²) >= 11 is 0. The molecule has 2 unspecified atom stereocenters. The van der Waals surface area contributed by atoms with Crippen LogP contribution in [0.25, 0.3) is 0 Å². The quantitative estimate of drug-likeness (QED) is 0.528. The first kappa shape index (κ1) is 13.1. The van der Waals surface area contributed by atoms with E-state index in [1.165, 1.54) is 0 Å². The van der Waals surface area contributed by atoms with E-state index in [1.54, 1.807) is 18.1 Å². The summed E-state index contributed by atoms with van der Waals surface area (Å²) in [6.07, 6.45) is 3.10. The molecule has 1 rings (SSSR count). The molecule has 0 amide bonds. The maximum Gasteiger partial charge on any atom is 0.138 e. The molecule has 0 aliphatic carbocycles. The molecular formula is C10H21N5O. The molecule has 0 aliphatic heterocycles. The van der Waals surface area contributed by atoms with Gasteiger partial charge in [0.25, 0.3) is 0 Å². The number of hydrazine groups is 1. The Morgan fingerprint density at radius 2 is 2.38 bits per heavy atom. The van der Waals surface area contributed by atoms with Gasteiger partial charge in [-0.15, -0.1) is 0 Å². The maximum atomic E-state index is 5.59. The summed E-state index contributed by atoms with van der Waals surface area (Å²) < 4.78 is 7.27. The third-order valence-electron chi connectivity index (χ3n) is 3.30. The van der Waals surface area contributed by atoms with Crippen LogP contribution in [-0.2, 0) is 18.2 Å². The van der Waals surface area contributed by atoms with E-state index in [-0.39, 0.29) is 11.6 Å². The van der Waals surface area contributed by atoms with Gasteiger partial charge in [0, 0.05) is 20.6 Å². The van der Waals surface area contributed by atoms with Gasteiger partial charge in [-0.2, -0.15) is 5.10 Å². The van der Waals surface area contributed by atoms with Crippen LogP contribution >= 0.6 is 0 Å². The Morgan fingerprint density at radius 1 is 1.69 bits per heavy atom. The van der Waals surface area contributed by atoms with Gasteiger partial charge in [-0.25, -0.2) is 4.98 Å². The zero-order valence-electron chi connectivity index (χ0n) is 10.4. The molecule has 16 heavy (non-hydrogen) atoms. The highest BCUT2D eigenvalue weighted by Gasteiger charge is 2.32. The molecule has 0 bridgehead atoms. The molecular weight excluding hydrogens is 206 g/mol. The second-order valence-corrected chi connectivity index (χ2v) is 4.09. The Bertz CT molecular complexity index is 321. The zero-order valence-corrected chi connectivity index (χ0v) is 10.4. The second kappa shape index (κ2) is 5.38. The number of aromatic nitrogens is 3. The summed E-state index contributed by atoms with van der Waals surface area (Å²) in [5, 5.41) is 4.03. The standard InChI is InChI=1S/C10H21N5O/c1-5-10(2,16-4)8(14-11)6-9-12-7-13-15(9)3/h7-8,14H,5-6,11H2,1-4H3. The van der Waals surface area contributed by atoms with Crippen molar-refractivity contribution in [1.82, 2.24) is 20.2 Å². The van der Waals surface area contributed by atoms with Crippen molar-refractivity contribution in [3.8, 4) is 0 Å². The number of nitrogens with one attached hydrogen (secondary N) is 1. The molecule has 0 saturated heterocycles. The van der Waals surface area contributed by atoms with Crippen molar-refractivity contribution in [3.63, 3.8) is 0 Å². The van der Waals surface area contributed by atoms with Crippen LogP contribution in [0.15, 0.2) is 6.33 Å². The summed E-state index contributed by atoms with van der Waals surface area (Å²) in [5.41, 5.74) is 2.50. The minimum atomic E-state index is -0.305. The van der Waals surface area contributed by atoms with Crippen molar-refractivity contribution in [3.05, 3.63) is 12.2 Å². The van der Waals surface area contributed by atoms with Crippen molar-refractivity contribution in [1.29, 1.82) is 0 Å². The minimum Gasteiger partial charge on any atom is -0.377 e. The van der Waals surface area contributed by atoms with Crippen LogP contribution < -0.4 is 11.3 Å². The van der Waals surface area contributed by atoms with Crippen LogP contribution in [-0.4, -0.2) is 33.5 Å². The summed E-state index contributed by atoms with van der Waals surface area (Å²) in [6.45, 7) is 4.11. The number of rotatable bonds is 6. The predicted molar refractivity (Wildman–Crippen MR) is 61.5 cm³/mol. The van der Waals surface area contributed by atoms with E-state index in [0.29, 0.717) is 6.42 Å². The normalized spacial score (nSPS) is 17.1. The van der Waals surface area contributed by atoms with Crippen molar-refractivity contribution in [2.75, 3.05) is 7.11 Å². The van der Waals surface area contributed by atoms with Crippen LogP contribution in [0.4, 0.5) is 0 Å². The van der Waals surface area contributed by atoms with Gasteiger partial charge in [0.2, 0.25) is 0 Å². The van der Waals surface area contributed by atoms with E-state index in [4.69, 9.17) is 10.6 Å². The lowest BCUT2D eigenvalue weighted by molar-refractivity contribution is -0.0294. The Morgan fingerprint density at radius 3 is 2.75 bits per heavy atom. The fourth-order valence-electron chi connectivity index (χ4n) is 1.67. The van der Waals surface area contributed by atoms with Gasteiger partial charge in [0.05, 0.1) is 11.6 Å². The Balaban J connectivity index is 2.80. The molecule has 6 nitrogen and oxygen atoms in total. The Kier molecular flexibility index (Phi) is 4.40. The van der Waals surface area contributed by atoms with E-state index in [0.717, 1.165) is 12.2 Å². The van der Waals surface area contributed by atoms with E-state index in [2.05, 4.69) is 22.4 Å². The highest BCUT2D eigenvalue weighted by atomic mass is 16.5. The van der Waals surface area contributed by atoms with E-state index >= 15 is 0 Å². The SMILES string of the molecule is CCC(C)(OC)C(Cc1ncnn1C)NN. The molecule has 2 atom stereocenters. The molecule has 1 aromatic heterocycles. The molecule has 92 valence electrons. The summed E-state index contributed by atoms with van der Waals surface area (Å²) in [7, 11) is 3.57. The molecule has 0 aromatic carbocycles. The van der Waals surface area contributed by atoms with Gasteiger partial charge in [0.15, 0.2) is 0 Å². The number of nitrogens with zero attached hydrogens (tertiary/aromatic N) is 3. The first-order chi connectivity index (χ1) is 7.57. The van der Waals surface area contributed by atoms with Gasteiger partial charge in [-0.05, 0) is 13.3 Å². The number of aryl methyl sites for hydroxylation is 1. The van der Waals surface area contributed by atoms with Gasteiger partial charge >= 0.3 is 0 Å². The third kappa shape index (κ3) is 2.58. The fourth-order valence-corrected chi connectivity index (χ4v) is 1.67. The number of ether oxygens (including phenoxy) is 1. The van der Waals surface area contributed by atoms with Crippen molar-refractivity contribution >= 4 is 0 Å². The summed E-state index contributed by atoms with van der Waals surface area (Å²) in [4.78, 5) is 4.19. The monoisotopic (exact) mass is 227 g/mol. The van der Waals surface area contributed by atoms with Gasteiger partial charge < -0.3 is 4.74 Å². The molecule has 0 aliphatic rings. The average Bonchev–Trinajstić information content (AvgIpc) is 2.70. The first-order valence-electron chi connectivity index (χ1n) is 5.41. The van der Waals surface area contributed by atoms with Crippen LogP contribution in [0.1, 0.15) is 26.1 Å². The first-order valence-corrected chi connectivity index (χ1v) is 5.41. The highest BCUT2D eigenvalue weighted by Crippen LogP contribution is 2.21. The number of hydrogen-bond donors (Lipinski definition) is 2. The molecule has 0 fully saturated rings. The largest absolute Gasteiger partial charge is 0.377 e. The minimum absolute atomic E-state index is 0.00500. The van der Waals surface area contributed by atoms with Crippen LogP contribution in [0.2, 0.25) is 0 Å². The van der Waals surface area contributed by atoms with Gasteiger partial charge in [-0.3, -0.25) is 16.0 Å². The van der Waals surface area contributed by atoms with E-state index < -0.39 is 0 Å². The highest BCUT2D eigenvalue weighted by molar-refractivity contribution is 4.96. The average molecular weight is 227 g/mol. The number of hydrogen-bond acceptors (Lipinski definition) is 5. The van der Waals surface area contributed by atoms with Crippen LogP contribution in [0, 0.1) is 0 Å². The zero-order chi connectivity index (χ0) is 12.2. The van der Waals surface area contributed by atoms with Crippen molar-refractivity contribution in [2.45, 2.75) is 38.3 Å². The number of nitrogens with two attached hydrogens (primary N) is 1. The molecule has 0 radical (unpaired) electrons. The van der Waals surface area contributed by atoms with Crippen molar-refractivity contribution < 1.29 is 4.74 Å². The Labute approximate surface area is 96.2 Å². The summed E-state index contributed by atoms with van der Waals surface area (Å²) in [5.74, 6) is 6.48. The van der Waals surface area contributed by atoms with Gasteiger partial charge in [0.1, 0.15) is 12.2 Å². The predicted octanol–water partition coefficient (Wildman–Crippen LogP) is 0.00460. The molecule has 1 aromatic rings. The molecule has 0 spiro atoms. The van der Waals surface area contributed by atoms with E-state index in [1.807, 2.05) is 14.0 Å². The van der Waals surface area contributed by atoms with Crippen LogP contribution in [0.5, 0.6) is 0 Å². The lowest BCUT2D eigenvalue weighted by Gasteiger charge is -2.35. The molecule has 3 N–H and O–H groups in total. The molecule has 1 heterocycles. The topological polar surface area (TPSA) is 78.0 Å². The lowest BCUT2D eigenvalue weighted by atomic mass is 9.91. The third-order valence-corrected chi connectivity index (χ3v) is 3.30.